The van der Waals surface area contributed by atoms with Crippen LogP contribution in [-0.4, -0.2) is 23.0 Å². The molecule has 3 nitrogen and oxygen atoms in total. The van der Waals surface area contributed by atoms with Crippen LogP contribution in [0.15, 0.2) is 0 Å². The first-order valence-electron chi connectivity index (χ1n) is 3.12. The molecule has 0 aliphatic carbocycles. The zero-order chi connectivity index (χ0) is 9.94. The van der Waals surface area contributed by atoms with E-state index in [9.17, 15) is 18.0 Å². The number of rotatable bonds is 3. The second-order valence-corrected chi connectivity index (χ2v) is 2.43. The van der Waals surface area contributed by atoms with Crippen molar-refractivity contribution in [2.75, 3.05) is 0 Å². The lowest BCUT2D eigenvalue weighted by atomic mass is 10.0. The van der Waals surface area contributed by atoms with E-state index >= 15 is 0 Å². The molecule has 0 bridgehead atoms. The molecule has 0 radical (unpaired) electrons. The monoisotopic (exact) mass is 183 g/mol. The average molecular weight is 183 g/mol. The Bertz CT molecular complexity index is 199. The molecule has 0 aliphatic heterocycles. The van der Waals surface area contributed by atoms with Crippen molar-refractivity contribution in [2.24, 2.45) is 5.92 Å². The maximum Gasteiger partial charge on any atom is 0.391 e. The van der Waals surface area contributed by atoms with E-state index < -0.39 is 30.2 Å². The molecule has 1 unspecified atom stereocenters. The maximum atomic E-state index is 11.8. The van der Waals surface area contributed by atoms with Crippen LogP contribution < -0.4 is 0 Å². The van der Waals surface area contributed by atoms with Gasteiger partial charge in [-0.1, -0.05) is 6.92 Å². The average Bonchev–Trinajstić information content (AvgIpc) is 1.85. The molecule has 0 aromatic rings. The molecule has 0 aromatic heterocycles. The Morgan fingerprint density at radius 2 is 2.00 bits per heavy atom. The first-order chi connectivity index (χ1) is 5.25. The molecule has 70 valence electrons. The van der Waals surface area contributed by atoms with Gasteiger partial charge in [0, 0.05) is 6.42 Å². The summed E-state index contributed by atoms with van der Waals surface area (Å²) in [6.45, 7) is 0.845. The van der Waals surface area contributed by atoms with Crippen molar-refractivity contribution in [1.82, 2.24) is 0 Å². The summed E-state index contributed by atoms with van der Waals surface area (Å²) in [6.07, 6.45) is -5.21. The van der Waals surface area contributed by atoms with Crippen LogP contribution in [0.2, 0.25) is 0 Å². The second kappa shape index (κ2) is 3.55. The summed E-state index contributed by atoms with van der Waals surface area (Å²) >= 11 is 0. The van der Waals surface area contributed by atoms with Gasteiger partial charge in [-0.2, -0.15) is 13.2 Å². The minimum atomic E-state index is -4.43. The molecule has 1 atom stereocenters. The maximum absolute atomic E-state index is 11.8. The SMILES string of the molecule is CC(CC(=N)C(=O)O)C(F)(F)F. The Morgan fingerprint density at radius 3 is 2.25 bits per heavy atom. The minimum Gasteiger partial charge on any atom is -0.477 e. The number of alkyl halides is 3. The predicted molar refractivity (Wildman–Crippen MR) is 35.2 cm³/mol. The van der Waals surface area contributed by atoms with Crippen LogP contribution in [0.1, 0.15) is 13.3 Å². The van der Waals surface area contributed by atoms with Crippen molar-refractivity contribution >= 4 is 11.7 Å². The van der Waals surface area contributed by atoms with Crippen LogP contribution in [0, 0.1) is 11.3 Å². The molecule has 0 saturated carbocycles. The van der Waals surface area contributed by atoms with Crippen molar-refractivity contribution in [3.05, 3.63) is 0 Å². The van der Waals surface area contributed by atoms with Crippen LogP contribution in [0.4, 0.5) is 13.2 Å². The van der Waals surface area contributed by atoms with Gasteiger partial charge in [0.05, 0.1) is 5.92 Å². The topological polar surface area (TPSA) is 61.2 Å². The molecule has 12 heavy (non-hydrogen) atoms. The molecule has 0 heterocycles. The largest absolute Gasteiger partial charge is 0.477 e. The lowest BCUT2D eigenvalue weighted by molar-refractivity contribution is -0.167. The summed E-state index contributed by atoms with van der Waals surface area (Å²) < 4.78 is 35.3. The van der Waals surface area contributed by atoms with Crippen molar-refractivity contribution in [3.63, 3.8) is 0 Å². The number of hydrogen-bond donors (Lipinski definition) is 2. The molecule has 6 heteroatoms. The number of carboxylic acid groups (broad SMARTS) is 1. The highest BCUT2D eigenvalue weighted by molar-refractivity contribution is 6.34. The predicted octanol–water partition coefficient (Wildman–Crippen LogP) is 1.68. The second-order valence-electron chi connectivity index (χ2n) is 2.43. The lowest BCUT2D eigenvalue weighted by Gasteiger charge is -2.13. The molecule has 0 aromatic carbocycles. The Kier molecular flexibility index (Phi) is 3.24. The van der Waals surface area contributed by atoms with Gasteiger partial charge in [0.15, 0.2) is 0 Å². The standard InChI is InChI=1S/C6H8F3NO2/c1-3(6(7,8)9)2-4(10)5(11)12/h3,10H,2H2,1H3,(H,11,12). The molecule has 0 spiro atoms. The molecule has 2 N–H and O–H groups in total. The first-order valence-corrected chi connectivity index (χ1v) is 3.12. The van der Waals surface area contributed by atoms with Gasteiger partial charge in [-0.25, -0.2) is 4.79 Å². The number of nitrogens with one attached hydrogen (secondary N) is 1. The van der Waals surface area contributed by atoms with Crippen molar-refractivity contribution < 1.29 is 23.1 Å². The number of hydrogen-bond acceptors (Lipinski definition) is 2. The fraction of sp³-hybridized carbons (Fsp3) is 0.667. The molecular weight excluding hydrogens is 175 g/mol. The first kappa shape index (κ1) is 10.9. The third-order valence-electron chi connectivity index (χ3n) is 1.33. The molecule has 0 rings (SSSR count). The molecule has 0 aliphatic rings. The van der Waals surface area contributed by atoms with E-state index in [-0.39, 0.29) is 0 Å². The quantitative estimate of drug-likeness (QED) is 0.654. The Hall–Kier alpha value is -1.07. The van der Waals surface area contributed by atoms with Crippen LogP contribution in [0.3, 0.4) is 0 Å². The molecule has 0 fully saturated rings. The number of aliphatic carboxylic acids is 1. The van der Waals surface area contributed by atoms with Crippen molar-refractivity contribution in [1.29, 1.82) is 5.41 Å². The number of halogens is 3. The van der Waals surface area contributed by atoms with Crippen molar-refractivity contribution in [2.45, 2.75) is 19.5 Å². The lowest BCUT2D eigenvalue weighted by Crippen LogP contribution is -2.25. The normalized spacial score (nSPS) is 14.0. The van der Waals surface area contributed by atoms with Gasteiger partial charge in [0.1, 0.15) is 5.71 Å². The van der Waals surface area contributed by atoms with Crippen LogP contribution >= 0.6 is 0 Å². The summed E-state index contributed by atoms with van der Waals surface area (Å²) in [5.41, 5.74) is -0.917. The molecule has 0 saturated heterocycles. The van der Waals surface area contributed by atoms with Gasteiger partial charge in [-0.3, -0.25) is 5.41 Å². The van der Waals surface area contributed by atoms with Gasteiger partial charge in [0.2, 0.25) is 0 Å². The minimum absolute atomic E-state index is 0.779. The summed E-state index contributed by atoms with van der Waals surface area (Å²) in [7, 11) is 0. The summed E-state index contributed by atoms with van der Waals surface area (Å²) in [6, 6.07) is 0. The van der Waals surface area contributed by atoms with E-state index in [4.69, 9.17) is 10.5 Å². The molecular formula is C6H8F3NO2. The van der Waals surface area contributed by atoms with E-state index in [1.807, 2.05) is 0 Å². The van der Waals surface area contributed by atoms with Crippen molar-refractivity contribution in [3.8, 4) is 0 Å². The Labute approximate surface area is 66.7 Å². The van der Waals surface area contributed by atoms with Crippen LogP contribution in [-0.2, 0) is 4.79 Å². The summed E-state index contributed by atoms with van der Waals surface area (Å²) in [5, 5.41) is 14.8. The highest BCUT2D eigenvalue weighted by Crippen LogP contribution is 2.28. The van der Waals surface area contributed by atoms with Gasteiger partial charge < -0.3 is 5.11 Å². The van der Waals surface area contributed by atoms with Gasteiger partial charge >= 0.3 is 12.1 Å². The van der Waals surface area contributed by atoms with E-state index in [0.717, 1.165) is 6.92 Å². The Balaban J connectivity index is 4.11. The Morgan fingerprint density at radius 1 is 1.58 bits per heavy atom. The zero-order valence-electron chi connectivity index (χ0n) is 6.27. The van der Waals surface area contributed by atoms with E-state index in [1.54, 1.807) is 0 Å². The zero-order valence-corrected chi connectivity index (χ0v) is 6.27. The van der Waals surface area contributed by atoms with Crippen LogP contribution in [0.5, 0.6) is 0 Å². The fourth-order valence-electron chi connectivity index (χ4n) is 0.509. The van der Waals surface area contributed by atoms with Crippen LogP contribution in [0.25, 0.3) is 0 Å². The fourth-order valence-corrected chi connectivity index (χ4v) is 0.509. The summed E-state index contributed by atoms with van der Waals surface area (Å²) in [4.78, 5) is 9.97. The van der Waals surface area contributed by atoms with E-state index in [0.29, 0.717) is 0 Å². The van der Waals surface area contributed by atoms with Gasteiger partial charge in [-0.05, 0) is 0 Å². The summed E-state index contributed by atoms with van der Waals surface area (Å²) in [5.74, 6) is -3.38. The van der Waals surface area contributed by atoms with E-state index in [1.165, 1.54) is 0 Å². The smallest absolute Gasteiger partial charge is 0.391 e. The third kappa shape index (κ3) is 3.36. The highest BCUT2D eigenvalue weighted by atomic mass is 19.4. The van der Waals surface area contributed by atoms with Gasteiger partial charge in [0.25, 0.3) is 0 Å². The molecule has 0 amide bonds. The number of carbonyl (C=O) groups is 1. The highest BCUT2D eigenvalue weighted by Gasteiger charge is 2.37. The van der Waals surface area contributed by atoms with Gasteiger partial charge in [-0.15, -0.1) is 0 Å². The van der Waals surface area contributed by atoms with E-state index in [2.05, 4.69) is 0 Å². The number of carboxylic acids is 1. The third-order valence-corrected chi connectivity index (χ3v) is 1.33.